The molecule has 0 bridgehead atoms. The third-order valence-electron chi connectivity index (χ3n) is 4.48. The van der Waals surface area contributed by atoms with E-state index in [-0.39, 0.29) is 10.5 Å². The van der Waals surface area contributed by atoms with E-state index in [2.05, 4.69) is 24.1 Å². The van der Waals surface area contributed by atoms with Crippen LogP contribution in [0.25, 0.3) is 0 Å². The number of hydrogen-bond acceptors (Lipinski definition) is 5. The molecule has 2 aromatic rings. The van der Waals surface area contributed by atoms with Gasteiger partial charge in [-0.05, 0) is 50.2 Å². The average molecular weight is 387 g/mol. The van der Waals surface area contributed by atoms with Crippen LogP contribution in [0.5, 0.6) is 0 Å². The molecule has 0 fully saturated rings. The lowest BCUT2D eigenvalue weighted by Gasteiger charge is -2.21. The quantitative estimate of drug-likeness (QED) is 0.822. The van der Waals surface area contributed by atoms with Gasteiger partial charge in [-0.15, -0.1) is 0 Å². The van der Waals surface area contributed by atoms with Crippen LogP contribution in [0.2, 0.25) is 0 Å². The maximum Gasteiger partial charge on any atom is 0.269 e. The lowest BCUT2D eigenvalue weighted by Crippen LogP contribution is -2.37. The lowest BCUT2D eigenvalue weighted by atomic mass is 10.2. The van der Waals surface area contributed by atoms with Gasteiger partial charge in [-0.1, -0.05) is 12.1 Å². The van der Waals surface area contributed by atoms with Crippen molar-refractivity contribution in [3.8, 4) is 0 Å². The zero-order valence-electron chi connectivity index (χ0n) is 15.2. The van der Waals surface area contributed by atoms with E-state index in [4.69, 9.17) is 0 Å². The molecule has 0 atom stereocenters. The van der Waals surface area contributed by atoms with E-state index >= 15 is 0 Å². The molecule has 0 unspecified atom stereocenters. The first kappa shape index (κ1) is 18.9. The molecule has 0 saturated carbocycles. The number of hydrogen-bond donors (Lipinski definition) is 1. The minimum absolute atomic E-state index is 0.0635. The zero-order valence-corrected chi connectivity index (χ0v) is 16.0. The van der Waals surface area contributed by atoms with Crippen LogP contribution in [-0.4, -0.2) is 44.2 Å². The van der Waals surface area contributed by atoms with E-state index in [1.807, 2.05) is 12.1 Å². The number of rotatable bonds is 6. The fourth-order valence-corrected chi connectivity index (χ4v) is 4.59. The molecule has 8 heteroatoms. The molecule has 2 aromatic carbocycles. The predicted octanol–water partition coefficient (Wildman–Crippen LogP) is 2.32. The smallest absolute Gasteiger partial charge is 0.269 e. The largest absolute Gasteiger partial charge is 0.372 e. The summed E-state index contributed by atoms with van der Waals surface area (Å²) in [5, 5.41) is 2.64. The van der Waals surface area contributed by atoms with Gasteiger partial charge in [-0.3, -0.25) is 9.59 Å². The Morgan fingerprint density at radius 3 is 2.26 bits per heavy atom. The summed E-state index contributed by atoms with van der Waals surface area (Å²) in [6.07, 6.45) is 0. The Balaban J connectivity index is 1.71. The van der Waals surface area contributed by atoms with Gasteiger partial charge < -0.3 is 10.2 Å². The molecular formula is C19H21N3O4S. The van der Waals surface area contributed by atoms with Gasteiger partial charge in [0.2, 0.25) is 5.91 Å². The summed E-state index contributed by atoms with van der Waals surface area (Å²) in [4.78, 5) is 26.8. The van der Waals surface area contributed by atoms with Crippen molar-refractivity contribution in [3.63, 3.8) is 0 Å². The van der Waals surface area contributed by atoms with Crippen LogP contribution in [0.3, 0.4) is 0 Å². The summed E-state index contributed by atoms with van der Waals surface area (Å²) in [5.41, 5.74) is 1.66. The van der Waals surface area contributed by atoms with Crippen molar-refractivity contribution >= 4 is 33.2 Å². The van der Waals surface area contributed by atoms with E-state index in [9.17, 15) is 18.0 Å². The average Bonchev–Trinajstić information content (AvgIpc) is 2.85. The predicted molar refractivity (Wildman–Crippen MR) is 103 cm³/mol. The van der Waals surface area contributed by atoms with E-state index < -0.39 is 28.4 Å². The highest BCUT2D eigenvalue weighted by atomic mass is 32.2. The van der Waals surface area contributed by atoms with Crippen molar-refractivity contribution in [2.45, 2.75) is 18.7 Å². The van der Waals surface area contributed by atoms with Crippen LogP contribution in [0.4, 0.5) is 11.4 Å². The molecule has 27 heavy (non-hydrogen) atoms. The van der Waals surface area contributed by atoms with Crippen LogP contribution in [-0.2, 0) is 14.8 Å². The van der Waals surface area contributed by atoms with E-state index in [0.29, 0.717) is 9.99 Å². The van der Waals surface area contributed by atoms with Crippen LogP contribution in [0, 0.1) is 0 Å². The Hall–Kier alpha value is -2.87. The fraction of sp³-hybridized carbons (Fsp3) is 0.263. The van der Waals surface area contributed by atoms with Crippen molar-refractivity contribution in [2.24, 2.45) is 0 Å². The molecule has 0 spiro atoms. The van der Waals surface area contributed by atoms with Gasteiger partial charge in [0, 0.05) is 24.5 Å². The topological polar surface area (TPSA) is 86.8 Å². The van der Waals surface area contributed by atoms with E-state index in [1.54, 1.807) is 24.3 Å². The van der Waals surface area contributed by atoms with E-state index in [1.165, 1.54) is 12.1 Å². The lowest BCUT2D eigenvalue weighted by molar-refractivity contribution is -0.116. The van der Waals surface area contributed by atoms with Gasteiger partial charge in [0.05, 0.1) is 5.56 Å². The first-order chi connectivity index (χ1) is 12.9. The molecule has 142 valence electrons. The maximum absolute atomic E-state index is 12.5. The molecule has 1 heterocycles. The van der Waals surface area contributed by atoms with Gasteiger partial charge in [0.25, 0.3) is 15.9 Å². The van der Waals surface area contributed by atoms with Gasteiger partial charge in [-0.2, -0.15) is 0 Å². The maximum atomic E-state index is 12.5. The summed E-state index contributed by atoms with van der Waals surface area (Å²) < 4.78 is 25.6. The molecule has 0 radical (unpaired) electrons. The first-order valence-corrected chi connectivity index (χ1v) is 10.1. The fourth-order valence-electron chi connectivity index (χ4n) is 3.06. The Morgan fingerprint density at radius 2 is 1.67 bits per heavy atom. The summed E-state index contributed by atoms with van der Waals surface area (Å²) in [6.45, 7) is 5.30. The third kappa shape index (κ3) is 3.52. The Morgan fingerprint density at radius 1 is 1.04 bits per heavy atom. The van der Waals surface area contributed by atoms with Crippen LogP contribution in [0.1, 0.15) is 24.2 Å². The zero-order chi connectivity index (χ0) is 19.6. The second-order valence-corrected chi connectivity index (χ2v) is 7.91. The number of nitrogens with one attached hydrogen (secondary N) is 1. The second-order valence-electron chi connectivity index (χ2n) is 6.08. The van der Waals surface area contributed by atoms with Crippen LogP contribution >= 0.6 is 0 Å². The van der Waals surface area contributed by atoms with Crippen molar-refractivity contribution in [2.75, 3.05) is 29.9 Å². The molecule has 0 aromatic heterocycles. The highest BCUT2D eigenvalue weighted by molar-refractivity contribution is 7.90. The molecule has 1 N–H and O–H groups in total. The number of benzene rings is 2. The second kappa shape index (κ2) is 7.40. The third-order valence-corrected chi connectivity index (χ3v) is 6.27. The molecule has 2 amide bonds. The first-order valence-electron chi connectivity index (χ1n) is 8.69. The van der Waals surface area contributed by atoms with Crippen molar-refractivity contribution in [3.05, 3.63) is 54.1 Å². The number of fused-ring (bicyclic) bond motifs is 1. The number of nitrogens with zero attached hydrogens (tertiary/aromatic N) is 2. The molecule has 1 aliphatic rings. The van der Waals surface area contributed by atoms with Crippen LogP contribution in [0.15, 0.2) is 53.4 Å². The minimum atomic E-state index is -3.99. The Labute approximate surface area is 158 Å². The number of anilines is 2. The highest BCUT2D eigenvalue weighted by Crippen LogP contribution is 2.29. The summed E-state index contributed by atoms with van der Waals surface area (Å²) in [7, 11) is -3.99. The van der Waals surface area contributed by atoms with Gasteiger partial charge in [-0.25, -0.2) is 12.7 Å². The van der Waals surface area contributed by atoms with Crippen molar-refractivity contribution in [1.82, 2.24) is 4.31 Å². The number of sulfonamides is 1. The molecule has 0 aliphatic carbocycles. The molecule has 7 nitrogen and oxygen atoms in total. The van der Waals surface area contributed by atoms with Crippen molar-refractivity contribution < 1.29 is 18.0 Å². The standard InChI is InChI=1S/C19H21N3O4S/c1-3-21(4-2)15-11-9-14(10-12-15)20-18(23)13-22-19(24)16-7-5-6-8-17(16)27(22,25)26/h5-12H,3-4,13H2,1-2H3,(H,20,23). The Bertz CT molecular complexity index is 967. The Kier molecular flexibility index (Phi) is 5.18. The van der Waals surface area contributed by atoms with E-state index in [0.717, 1.165) is 18.8 Å². The summed E-state index contributed by atoms with van der Waals surface area (Å²) in [5.74, 6) is -1.26. The molecule has 3 rings (SSSR count). The highest BCUT2D eigenvalue weighted by Gasteiger charge is 2.41. The molecule has 0 saturated heterocycles. The SMILES string of the molecule is CCN(CC)c1ccc(NC(=O)CN2C(=O)c3ccccc3S2(=O)=O)cc1. The number of amides is 2. The van der Waals surface area contributed by atoms with Crippen LogP contribution < -0.4 is 10.2 Å². The summed E-state index contributed by atoms with van der Waals surface area (Å²) in [6, 6.07) is 13.2. The number of carbonyl (C=O) groups is 2. The van der Waals surface area contributed by atoms with Gasteiger partial charge in [0.15, 0.2) is 0 Å². The molecular weight excluding hydrogens is 366 g/mol. The van der Waals surface area contributed by atoms with Gasteiger partial charge >= 0.3 is 0 Å². The van der Waals surface area contributed by atoms with Crippen molar-refractivity contribution in [1.29, 1.82) is 0 Å². The van der Waals surface area contributed by atoms with Gasteiger partial charge in [0.1, 0.15) is 11.4 Å². The monoisotopic (exact) mass is 387 g/mol. The normalized spacial score (nSPS) is 14.7. The molecule has 1 aliphatic heterocycles. The minimum Gasteiger partial charge on any atom is -0.372 e. The number of carbonyl (C=O) groups excluding carboxylic acids is 2. The summed E-state index contributed by atoms with van der Waals surface area (Å²) >= 11 is 0.